The summed E-state index contributed by atoms with van der Waals surface area (Å²) in [4.78, 5) is 64.5. The highest BCUT2D eigenvalue weighted by Crippen LogP contribution is 2.85. The lowest BCUT2D eigenvalue weighted by Crippen LogP contribution is -2.68. The van der Waals surface area contributed by atoms with Gasteiger partial charge in [0.15, 0.2) is 0 Å². The summed E-state index contributed by atoms with van der Waals surface area (Å²) in [5.41, 5.74) is -6.95. The Labute approximate surface area is 201 Å². The number of esters is 5. The van der Waals surface area contributed by atoms with Crippen LogP contribution in [0.3, 0.4) is 0 Å². The number of carbonyl (C=O) groups excluding carboxylic acids is 5. The second-order valence-corrected chi connectivity index (χ2v) is 11.7. The minimum atomic E-state index is -1.99. The molecule has 6 aliphatic rings. The van der Waals surface area contributed by atoms with Gasteiger partial charge in [-0.25, -0.2) is 9.59 Å². The summed E-state index contributed by atoms with van der Waals surface area (Å²) in [6, 6.07) is 0. The van der Waals surface area contributed by atoms with Crippen molar-refractivity contribution in [3.63, 3.8) is 0 Å². The van der Waals surface area contributed by atoms with Gasteiger partial charge in [-0.15, -0.1) is 0 Å². The van der Waals surface area contributed by atoms with Gasteiger partial charge in [0, 0.05) is 20.3 Å². The van der Waals surface area contributed by atoms with Crippen molar-refractivity contribution in [2.75, 3.05) is 0 Å². The molecule has 2 spiro atoms. The summed E-state index contributed by atoms with van der Waals surface area (Å²) in [5.74, 6) is -5.04. The maximum atomic E-state index is 13.9. The van der Waals surface area contributed by atoms with Crippen LogP contribution in [0.1, 0.15) is 54.4 Å². The lowest BCUT2D eigenvalue weighted by Gasteiger charge is -2.47. The molecule has 2 aliphatic carbocycles. The van der Waals surface area contributed by atoms with Gasteiger partial charge in [0.25, 0.3) is 0 Å². The molecule has 0 radical (unpaired) electrons. The summed E-state index contributed by atoms with van der Waals surface area (Å²) >= 11 is 0. The van der Waals surface area contributed by atoms with Crippen molar-refractivity contribution in [3.8, 4) is 0 Å². The van der Waals surface area contributed by atoms with E-state index in [2.05, 4.69) is 0 Å². The molecule has 0 aromatic heterocycles. The monoisotopic (exact) mass is 492 g/mol. The third-order valence-corrected chi connectivity index (χ3v) is 9.49. The van der Waals surface area contributed by atoms with Gasteiger partial charge in [0.05, 0.1) is 10.8 Å². The Morgan fingerprint density at radius 2 is 1.66 bits per heavy atom. The Bertz CT molecular complexity index is 1110. The predicted molar refractivity (Wildman–Crippen MR) is 110 cm³/mol. The van der Waals surface area contributed by atoms with Crippen LogP contribution in [0.25, 0.3) is 0 Å². The lowest BCUT2D eigenvalue weighted by atomic mass is 9.51. The first-order chi connectivity index (χ1) is 16.2. The second-order valence-electron chi connectivity index (χ2n) is 11.7. The zero-order valence-electron chi connectivity index (χ0n) is 20.4. The fraction of sp³-hybridized carbons (Fsp3) is 0.792. The number of fused-ring (bicyclic) bond motifs is 1. The van der Waals surface area contributed by atoms with Gasteiger partial charge in [-0.1, -0.05) is 20.8 Å². The molecule has 4 saturated heterocycles. The van der Waals surface area contributed by atoms with Gasteiger partial charge in [-0.3, -0.25) is 14.4 Å². The SMILES string of the molecule is CC(=O)O[C@H]1C(=O)O[C@H]2O[C@]34C(=O)O[C@@H]5C[C@@H](C(C)(C)C)[C@@]21[C@@]53C[C@@H]1OC(=O)[C@@H](C)[C@@]14OC(C)=O. The Morgan fingerprint density at radius 3 is 2.26 bits per heavy atom. The lowest BCUT2D eigenvalue weighted by molar-refractivity contribution is -0.246. The zero-order valence-corrected chi connectivity index (χ0v) is 20.4. The van der Waals surface area contributed by atoms with Crippen LogP contribution in [-0.4, -0.2) is 65.7 Å². The van der Waals surface area contributed by atoms with E-state index >= 15 is 0 Å². The van der Waals surface area contributed by atoms with E-state index in [-0.39, 0.29) is 12.3 Å². The van der Waals surface area contributed by atoms with Crippen LogP contribution in [0.15, 0.2) is 0 Å². The summed E-state index contributed by atoms with van der Waals surface area (Å²) in [6.07, 6.45) is -4.08. The van der Waals surface area contributed by atoms with E-state index in [0.717, 1.165) is 0 Å². The molecule has 0 bridgehead atoms. The average molecular weight is 492 g/mol. The summed E-state index contributed by atoms with van der Waals surface area (Å²) in [5, 5.41) is 0. The summed E-state index contributed by atoms with van der Waals surface area (Å²) in [7, 11) is 0. The maximum Gasteiger partial charge on any atom is 0.350 e. The van der Waals surface area contributed by atoms with Gasteiger partial charge in [-0.05, 0) is 24.7 Å². The largest absolute Gasteiger partial charge is 0.459 e. The van der Waals surface area contributed by atoms with Crippen LogP contribution in [0, 0.1) is 28.1 Å². The first-order valence-corrected chi connectivity index (χ1v) is 11.9. The van der Waals surface area contributed by atoms with E-state index in [1.807, 2.05) is 20.8 Å². The average Bonchev–Trinajstić information content (AvgIpc) is 3.43. The molecule has 11 heteroatoms. The van der Waals surface area contributed by atoms with Crippen LogP contribution in [-0.2, 0) is 52.4 Å². The molecule has 0 aromatic rings. The molecule has 4 heterocycles. The molecule has 190 valence electrons. The van der Waals surface area contributed by atoms with E-state index in [1.165, 1.54) is 20.8 Å². The smallest absolute Gasteiger partial charge is 0.350 e. The number of hydrogen-bond acceptors (Lipinski definition) is 11. The van der Waals surface area contributed by atoms with Crippen molar-refractivity contribution in [2.24, 2.45) is 28.1 Å². The molecular weight excluding hydrogens is 464 g/mol. The normalized spacial score (nSPS) is 50.6. The highest BCUT2D eigenvalue weighted by atomic mass is 16.8. The van der Waals surface area contributed by atoms with Crippen molar-refractivity contribution >= 4 is 29.8 Å². The zero-order chi connectivity index (χ0) is 25.5. The van der Waals surface area contributed by atoms with Gasteiger partial charge < -0.3 is 28.4 Å². The quantitative estimate of drug-likeness (QED) is 0.399. The summed E-state index contributed by atoms with van der Waals surface area (Å²) < 4.78 is 35.4. The minimum absolute atomic E-state index is 0.0181. The van der Waals surface area contributed by atoms with Crippen LogP contribution < -0.4 is 0 Å². The van der Waals surface area contributed by atoms with Crippen LogP contribution >= 0.6 is 0 Å². The fourth-order valence-corrected chi connectivity index (χ4v) is 8.78. The molecule has 0 N–H and O–H groups in total. The molecular formula is C24H28O11. The molecule has 2 saturated carbocycles. The van der Waals surface area contributed by atoms with Gasteiger partial charge >= 0.3 is 29.8 Å². The van der Waals surface area contributed by atoms with Crippen molar-refractivity contribution < 1.29 is 52.4 Å². The number of ether oxygens (including phenoxy) is 6. The van der Waals surface area contributed by atoms with Crippen molar-refractivity contribution in [2.45, 2.75) is 90.2 Å². The fourth-order valence-electron chi connectivity index (χ4n) is 8.78. The second kappa shape index (κ2) is 6.16. The molecule has 11 nitrogen and oxygen atoms in total. The van der Waals surface area contributed by atoms with Gasteiger partial charge in [0.1, 0.15) is 18.1 Å². The van der Waals surface area contributed by atoms with Gasteiger partial charge in [-0.2, -0.15) is 0 Å². The van der Waals surface area contributed by atoms with E-state index in [0.29, 0.717) is 6.42 Å². The molecule has 0 aromatic carbocycles. The van der Waals surface area contributed by atoms with Crippen LogP contribution in [0.5, 0.6) is 0 Å². The highest BCUT2D eigenvalue weighted by Gasteiger charge is 3.02. The summed E-state index contributed by atoms with van der Waals surface area (Å²) in [6.45, 7) is 9.85. The molecule has 0 amide bonds. The predicted octanol–water partition coefficient (Wildman–Crippen LogP) is 0.801. The van der Waals surface area contributed by atoms with E-state index < -0.39 is 87.8 Å². The molecule has 6 rings (SSSR count). The maximum absolute atomic E-state index is 13.9. The van der Waals surface area contributed by atoms with E-state index in [1.54, 1.807) is 0 Å². The molecule has 0 unspecified atom stereocenters. The molecule has 6 fully saturated rings. The minimum Gasteiger partial charge on any atom is -0.459 e. The first kappa shape index (κ1) is 22.8. The number of hydrogen-bond donors (Lipinski definition) is 0. The molecule has 35 heavy (non-hydrogen) atoms. The first-order valence-electron chi connectivity index (χ1n) is 11.9. The third-order valence-electron chi connectivity index (χ3n) is 9.49. The van der Waals surface area contributed by atoms with E-state index in [4.69, 9.17) is 28.4 Å². The van der Waals surface area contributed by atoms with Crippen LogP contribution in [0.4, 0.5) is 0 Å². The number of carbonyl (C=O) groups is 5. The van der Waals surface area contributed by atoms with E-state index in [9.17, 15) is 24.0 Å². The Balaban J connectivity index is 1.69. The van der Waals surface area contributed by atoms with Gasteiger partial charge in [0.2, 0.25) is 23.6 Å². The highest BCUT2D eigenvalue weighted by molar-refractivity contribution is 5.94. The Morgan fingerprint density at radius 1 is 0.971 bits per heavy atom. The Hall–Kier alpha value is -2.69. The van der Waals surface area contributed by atoms with Crippen LogP contribution in [0.2, 0.25) is 0 Å². The van der Waals surface area contributed by atoms with Crippen molar-refractivity contribution in [1.82, 2.24) is 0 Å². The van der Waals surface area contributed by atoms with Crippen molar-refractivity contribution in [3.05, 3.63) is 0 Å². The standard InChI is InChI=1S/C24H28O11/c1-9-16(27)31-14-8-21-13-7-12(20(4,5)6)22(21)15(30-10(2)25)17(28)33-19(22)35-24(21,18(29)32-13)23(9,14)34-11(3)26/h9,12-15,19H,7-8H2,1-6H3/t9-,12+,13-,14+,15+,19+,21-,22+,23-,24-/m1/s1. The number of rotatable bonds is 2. The topological polar surface area (TPSA) is 141 Å². The van der Waals surface area contributed by atoms with Crippen molar-refractivity contribution in [1.29, 1.82) is 0 Å². The Kier molecular flexibility index (Phi) is 4.01. The molecule has 4 aliphatic heterocycles. The third kappa shape index (κ3) is 2.02. The molecule has 10 atom stereocenters.